The van der Waals surface area contributed by atoms with Crippen LogP contribution >= 0.6 is 10.7 Å². The van der Waals surface area contributed by atoms with E-state index in [-0.39, 0.29) is 12.4 Å². The fraction of sp³-hybridized carbons (Fsp3) is 0.500. The van der Waals surface area contributed by atoms with Crippen LogP contribution in [0.1, 0.15) is 25.3 Å². The summed E-state index contributed by atoms with van der Waals surface area (Å²) in [5, 5.41) is 0. The molecule has 0 radical (unpaired) electrons. The Labute approximate surface area is 107 Å². The molecule has 1 rings (SSSR count). The van der Waals surface area contributed by atoms with Gasteiger partial charge in [0.2, 0.25) is 9.05 Å². The fourth-order valence-corrected chi connectivity index (χ4v) is 1.86. The van der Waals surface area contributed by atoms with Crippen LogP contribution in [-0.4, -0.2) is 20.8 Å². The molecule has 5 heteroatoms. The third-order valence-electron chi connectivity index (χ3n) is 2.34. The van der Waals surface area contributed by atoms with Gasteiger partial charge in [-0.05, 0) is 30.5 Å². The molecule has 0 saturated carbocycles. The second kappa shape index (κ2) is 6.87. The standard InChI is InChI=1S/C12H17ClO3S/c1-2-3-4-11-5-7-12(8-6-11)16-9-10-17(13,14)15/h5-8H,2-4,9-10H2,1H3. The maximum Gasteiger partial charge on any atom is 0.235 e. The van der Waals surface area contributed by atoms with Crippen molar-refractivity contribution in [3.05, 3.63) is 29.8 Å². The molecular formula is C12H17ClO3S. The highest BCUT2D eigenvalue weighted by Crippen LogP contribution is 2.14. The van der Waals surface area contributed by atoms with Crippen LogP contribution in [0.25, 0.3) is 0 Å². The van der Waals surface area contributed by atoms with Crippen LogP contribution in [0.4, 0.5) is 0 Å². The third-order valence-corrected chi connectivity index (χ3v) is 3.46. The van der Waals surface area contributed by atoms with Crippen LogP contribution in [0.3, 0.4) is 0 Å². The minimum atomic E-state index is -3.47. The average Bonchev–Trinajstić information content (AvgIpc) is 2.26. The van der Waals surface area contributed by atoms with Gasteiger partial charge in [0.1, 0.15) is 12.4 Å². The molecule has 0 heterocycles. The molecule has 0 aliphatic carbocycles. The molecule has 0 N–H and O–H groups in total. The summed E-state index contributed by atoms with van der Waals surface area (Å²) in [4.78, 5) is 0. The zero-order valence-corrected chi connectivity index (χ0v) is 11.4. The van der Waals surface area contributed by atoms with E-state index in [1.165, 1.54) is 18.4 Å². The number of unbranched alkanes of at least 4 members (excludes halogenated alkanes) is 1. The number of hydrogen-bond donors (Lipinski definition) is 0. The topological polar surface area (TPSA) is 43.4 Å². The van der Waals surface area contributed by atoms with Crippen molar-refractivity contribution >= 4 is 19.7 Å². The van der Waals surface area contributed by atoms with Gasteiger partial charge >= 0.3 is 0 Å². The van der Waals surface area contributed by atoms with E-state index in [4.69, 9.17) is 15.4 Å². The summed E-state index contributed by atoms with van der Waals surface area (Å²) >= 11 is 0. The second-order valence-electron chi connectivity index (χ2n) is 3.84. The van der Waals surface area contributed by atoms with Gasteiger partial charge in [0.05, 0.1) is 5.75 Å². The molecule has 0 saturated heterocycles. The van der Waals surface area contributed by atoms with Gasteiger partial charge in [0, 0.05) is 10.7 Å². The molecule has 0 bridgehead atoms. The van der Waals surface area contributed by atoms with Gasteiger partial charge in [-0.1, -0.05) is 25.5 Å². The number of hydrogen-bond acceptors (Lipinski definition) is 3. The molecule has 1 aromatic rings. The quantitative estimate of drug-likeness (QED) is 0.719. The molecule has 0 aliphatic rings. The first kappa shape index (κ1) is 14.3. The van der Waals surface area contributed by atoms with E-state index in [1.54, 1.807) is 0 Å². The normalized spacial score (nSPS) is 11.4. The summed E-state index contributed by atoms with van der Waals surface area (Å²) in [6.07, 6.45) is 3.41. The van der Waals surface area contributed by atoms with E-state index in [2.05, 4.69) is 6.92 Å². The molecule has 0 aliphatic heterocycles. The van der Waals surface area contributed by atoms with E-state index in [0.717, 1.165) is 6.42 Å². The van der Waals surface area contributed by atoms with Gasteiger partial charge < -0.3 is 4.74 Å². The van der Waals surface area contributed by atoms with Crippen molar-refractivity contribution in [1.29, 1.82) is 0 Å². The van der Waals surface area contributed by atoms with Crippen molar-refractivity contribution in [3.8, 4) is 5.75 Å². The lowest BCUT2D eigenvalue weighted by Crippen LogP contribution is -2.08. The zero-order chi connectivity index (χ0) is 12.7. The van der Waals surface area contributed by atoms with Gasteiger partial charge in [-0.3, -0.25) is 0 Å². The molecular weight excluding hydrogens is 260 g/mol. The highest BCUT2D eigenvalue weighted by molar-refractivity contribution is 8.13. The van der Waals surface area contributed by atoms with Crippen molar-refractivity contribution in [1.82, 2.24) is 0 Å². The first-order valence-electron chi connectivity index (χ1n) is 5.65. The van der Waals surface area contributed by atoms with Crippen LogP contribution in [0, 0.1) is 0 Å². The molecule has 0 amide bonds. The van der Waals surface area contributed by atoms with Crippen molar-refractivity contribution in [3.63, 3.8) is 0 Å². The van der Waals surface area contributed by atoms with E-state index in [1.807, 2.05) is 24.3 Å². The Bertz CT molecular complexity index is 426. The van der Waals surface area contributed by atoms with Crippen molar-refractivity contribution in [2.45, 2.75) is 26.2 Å². The summed E-state index contributed by atoms with van der Waals surface area (Å²) in [6, 6.07) is 7.71. The Hall–Kier alpha value is -0.740. The first-order chi connectivity index (χ1) is 8.01. The summed E-state index contributed by atoms with van der Waals surface area (Å²) < 4.78 is 26.6. The summed E-state index contributed by atoms with van der Waals surface area (Å²) in [5.41, 5.74) is 1.27. The van der Waals surface area contributed by atoms with Gasteiger partial charge in [-0.15, -0.1) is 0 Å². The number of rotatable bonds is 7. The molecule has 3 nitrogen and oxygen atoms in total. The Morgan fingerprint density at radius 1 is 1.24 bits per heavy atom. The van der Waals surface area contributed by atoms with Crippen LogP contribution < -0.4 is 4.74 Å². The molecule has 0 unspecified atom stereocenters. The summed E-state index contributed by atoms with van der Waals surface area (Å²) in [5.74, 6) is 0.497. The monoisotopic (exact) mass is 276 g/mol. The number of halogens is 1. The fourth-order valence-electron chi connectivity index (χ4n) is 1.39. The second-order valence-corrected chi connectivity index (χ2v) is 6.74. The average molecular weight is 277 g/mol. The lowest BCUT2D eigenvalue weighted by Gasteiger charge is -2.06. The van der Waals surface area contributed by atoms with E-state index >= 15 is 0 Å². The predicted octanol–water partition coefficient (Wildman–Crippen LogP) is 2.98. The maximum atomic E-state index is 10.7. The van der Waals surface area contributed by atoms with Gasteiger partial charge in [-0.25, -0.2) is 8.42 Å². The lowest BCUT2D eigenvalue weighted by atomic mass is 10.1. The highest BCUT2D eigenvalue weighted by Gasteiger charge is 2.05. The van der Waals surface area contributed by atoms with Crippen molar-refractivity contribution in [2.24, 2.45) is 0 Å². The van der Waals surface area contributed by atoms with Gasteiger partial charge in [-0.2, -0.15) is 0 Å². The Morgan fingerprint density at radius 3 is 2.41 bits per heavy atom. The molecule has 0 aromatic heterocycles. The maximum absolute atomic E-state index is 10.7. The largest absolute Gasteiger partial charge is 0.492 e. The molecule has 0 atom stereocenters. The third kappa shape index (κ3) is 6.54. The lowest BCUT2D eigenvalue weighted by molar-refractivity contribution is 0.341. The molecule has 17 heavy (non-hydrogen) atoms. The Balaban J connectivity index is 2.40. The minimum absolute atomic E-state index is 0.0835. The van der Waals surface area contributed by atoms with Crippen LogP contribution in [-0.2, 0) is 15.5 Å². The van der Waals surface area contributed by atoms with E-state index < -0.39 is 9.05 Å². The van der Waals surface area contributed by atoms with Crippen LogP contribution in [0.5, 0.6) is 5.75 Å². The number of benzene rings is 1. The Morgan fingerprint density at radius 2 is 1.88 bits per heavy atom. The smallest absolute Gasteiger partial charge is 0.235 e. The predicted molar refractivity (Wildman–Crippen MR) is 70.2 cm³/mol. The molecule has 0 fully saturated rings. The minimum Gasteiger partial charge on any atom is -0.492 e. The van der Waals surface area contributed by atoms with E-state index in [9.17, 15) is 8.42 Å². The number of ether oxygens (including phenoxy) is 1. The highest BCUT2D eigenvalue weighted by atomic mass is 35.7. The summed E-state index contributed by atoms with van der Waals surface area (Å²) in [7, 11) is 1.61. The van der Waals surface area contributed by atoms with Crippen LogP contribution in [0.2, 0.25) is 0 Å². The summed E-state index contributed by atoms with van der Waals surface area (Å²) in [6.45, 7) is 2.24. The van der Waals surface area contributed by atoms with E-state index in [0.29, 0.717) is 5.75 Å². The zero-order valence-electron chi connectivity index (χ0n) is 9.86. The van der Waals surface area contributed by atoms with Gasteiger partial charge in [0.15, 0.2) is 0 Å². The van der Waals surface area contributed by atoms with Crippen molar-refractivity contribution < 1.29 is 13.2 Å². The van der Waals surface area contributed by atoms with Crippen molar-refractivity contribution in [2.75, 3.05) is 12.4 Å². The SMILES string of the molecule is CCCCc1ccc(OCCS(=O)(=O)Cl)cc1. The molecule has 0 spiro atoms. The molecule has 96 valence electrons. The van der Waals surface area contributed by atoms with Crippen LogP contribution in [0.15, 0.2) is 24.3 Å². The first-order valence-corrected chi connectivity index (χ1v) is 8.13. The number of aryl methyl sites for hydroxylation is 1. The van der Waals surface area contributed by atoms with Gasteiger partial charge in [0.25, 0.3) is 0 Å². The molecule has 1 aromatic carbocycles. The Kier molecular flexibility index (Phi) is 5.78.